The van der Waals surface area contributed by atoms with E-state index in [1.54, 1.807) is 0 Å². The molecule has 14 heteroatoms. The predicted octanol–water partition coefficient (Wildman–Crippen LogP) is 9.88. The van der Waals surface area contributed by atoms with Gasteiger partial charge in [-0.2, -0.15) is 9.61 Å². The van der Waals surface area contributed by atoms with Crippen LogP contribution in [0.4, 0.5) is 10.6 Å². The first kappa shape index (κ1) is 45.8. The van der Waals surface area contributed by atoms with Crippen molar-refractivity contribution in [3.63, 3.8) is 0 Å². The van der Waals surface area contributed by atoms with Gasteiger partial charge in [0.15, 0.2) is 5.65 Å². The molecule has 2 aliphatic heterocycles. The van der Waals surface area contributed by atoms with Crippen LogP contribution in [0.15, 0.2) is 31.1 Å². The van der Waals surface area contributed by atoms with Gasteiger partial charge in [-0.25, -0.2) is 9.78 Å². The highest BCUT2D eigenvalue weighted by Gasteiger charge is 2.47. The van der Waals surface area contributed by atoms with E-state index in [1.807, 2.05) is 75.5 Å². The van der Waals surface area contributed by atoms with Crippen LogP contribution in [0.3, 0.4) is 0 Å². The lowest BCUT2D eigenvalue weighted by molar-refractivity contribution is 0.00564. The third-order valence-corrected chi connectivity index (χ3v) is 14.9. The highest BCUT2D eigenvalue weighted by atomic mass is 28.3. The number of pyridine rings is 1. The molecule has 3 aromatic rings. The monoisotopic (exact) mass is 837 g/mol. The molecule has 0 aliphatic carbocycles. The molecule has 58 heavy (non-hydrogen) atoms. The number of carbonyl (C=O) groups is 1. The Labute approximate surface area is 349 Å². The summed E-state index contributed by atoms with van der Waals surface area (Å²) in [4.78, 5) is 27.9. The topological polar surface area (TPSA) is 124 Å². The molecule has 12 nitrogen and oxygen atoms in total. The van der Waals surface area contributed by atoms with Crippen LogP contribution in [0.5, 0.6) is 0 Å². The Kier molecular flexibility index (Phi) is 14.6. The number of hydrogen-bond acceptors (Lipinski definition) is 10. The van der Waals surface area contributed by atoms with Crippen molar-refractivity contribution in [2.75, 3.05) is 38.2 Å². The highest BCUT2D eigenvalue weighted by Crippen LogP contribution is 2.47. The van der Waals surface area contributed by atoms with Gasteiger partial charge in [-0.1, -0.05) is 65.8 Å². The number of carbonyl (C=O) groups excluding carboxylic acids is 1. The van der Waals surface area contributed by atoms with Crippen LogP contribution in [-0.4, -0.2) is 103 Å². The SMILES string of the molecule is C=C(OCC)c1c(C2CC3CCC(C2)N3C(=O)OC(C)(C)C)nc2c(-c3ccc(C(O)(CC)CC)nc3)cnn2c1N(COCC[Si](C)(C)C)COCC[Si](C)(C)C. The van der Waals surface area contributed by atoms with Crippen LogP contribution in [-0.2, 0) is 24.5 Å². The molecule has 5 rings (SSSR count). The summed E-state index contributed by atoms with van der Waals surface area (Å²) in [6.45, 7) is 32.6. The highest BCUT2D eigenvalue weighted by molar-refractivity contribution is 6.76. The fourth-order valence-corrected chi connectivity index (χ4v) is 9.53. The molecular weight excluding hydrogens is 765 g/mol. The van der Waals surface area contributed by atoms with Crippen molar-refractivity contribution in [1.82, 2.24) is 24.5 Å². The predicted molar refractivity (Wildman–Crippen MR) is 239 cm³/mol. The number of hydrogen-bond donors (Lipinski definition) is 1. The quantitative estimate of drug-likeness (QED) is 0.0540. The van der Waals surface area contributed by atoms with E-state index in [-0.39, 0.29) is 37.6 Å². The van der Waals surface area contributed by atoms with Crippen LogP contribution in [0, 0.1) is 0 Å². The third kappa shape index (κ3) is 11.1. The number of amides is 1. The lowest BCUT2D eigenvalue weighted by atomic mass is 9.85. The van der Waals surface area contributed by atoms with Gasteiger partial charge in [-0.05, 0) is 84.4 Å². The van der Waals surface area contributed by atoms with E-state index in [1.165, 1.54) is 0 Å². The van der Waals surface area contributed by atoms with Gasteiger partial charge in [0.1, 0.15) is 36.2 Å². The van der Waals surface area contributed by atoms with Gasteiger partial charge < -0.3 is 33.9 Å². The van der Waals surface area contributed by atoms with Gasteiger partial charge in [-0.15, -0.1) is 0 Å². The molecule has 1 N–H and O–H groups in total. The van der Waals surface area contributed by atoms with E-state index < -0.39 is 27.3 Å². The first-order chi connectivity index (χ1) is 27.2. The van der Waals surface area contributed by atoms with E-state index in [2.05, 4.69) is 50.8 Å². The van der Waals surface area contributed by atoms with Crippen molar-refractivity contribution in [2.24, 2.45) is 0 Å². The Hall–Kier alpha value is -3.31. The molecule has 5 heterocycles. The molecule has 1 amide bonds. The van der Waals surface area contributed by atoms with E-state index in [0.29, 0.717) is 49.8 Å². The van der Waals surface area contributed by atoms with Gasteiger partial charge in [0.05, 0.1) is 29.8 Å². The largest absolute Gasteiger partial charge is 0.494 e. The zero-order chi connectivity index (χ0) is 42.6. The lowest BCUT2D eigenvalue weighted by Crippen LogP contribution is -2.48. The first-order valence-corrected chi connectivity index (χ1v) is 28.9. The van der Waals surface area contributed by atoms with E-state index in [4.69, 9.17) is 34.0 Å². The maximum atomic E-state index is 13.6. The van der Waals surface area contributed by atoms with Gasteiger partial charge in [0, 0.05) is 64.7 Å². The minimum atomic E-state index is -1.36. The number of piperidine rings is 1. The number of rotatable bonds is 19. The van der Waals surface area contributed by atoms with E-state index >= 15 is 0 Å². The van der Waals surface area contributed by atoms with Crippen molar-refractivity contribution in [1.29, 1.82) is 0 Å². The zero-order valence-electron chi connectivity index (χ0n) is 37.6. The smallest absolute Gasteiger partial charge is 0.410 e. The summed E-state index contributed by atoms with van der Waals surface area (Å²) >= 11 is 0. The molecule has 2 saturated heterocycles. The second kappa shape index (κ2) is 18.5. The number of aliphatic hydroxyl groups is 1. The van der Waals surface area contributed by atoms with Gasteiger partial charge >= 0.3 is 6.09 Å². The van der Waals surface area contributed by atoms with Crippen LogP contribution in [0.1, 0.15) is 103 Å². The maximum Gasteiger partial charge on any atom is 0.410 e. The average Bonchev–Trinajstić information content (AvgIpc) is 3.69. The molecule has 2 unspecified atom stereocenters. The lowest BCUT2D eigenvalue weighted by Gasteiger charge is -2.40. The molecule has 3 aromatic heterocycles. The zero-order valence-corrected chi connectivity index (χ0v) is 39.6. The number of anilines is 1. The standard InChI is InChI=1S/C44H72N6O6Si2/c1-14-44(52,15-2)37-20-17-32(27-45-37)36-28-46-50-40(36)47-39(33-25-34-18-19-35(26-33)49(34)42(51)56-43(5,6)7)38(31(4)55-16-3)41(50)48(29-53-21-23-57(8,9)10)30-54-22-24-58(11,12)13/h17,20,27-28,33-35,52H,4,14-16,18-19,21-26,29-30H2,1-3,5-13H3. The van der Waals surface area contributed by atoms with Crippen molar-refractivity contribution in [3.05, 3.63) is 48.1 Å². The molecule has 322 valence electrons. The summed E-state index contributed by atoms with van der Waals surface area (Å²) in [5, 5.41) is 16.3. The molecule has 2 atom stereocenters. The van der Waals surface area contributed by atoms with Crippen LogP contribution in [0.25, 0.3) is 22.5 Å². The minimum Gasteiger partial charge on any atom is -0.494 e. The second-order valence-corrected chi connectivity index (χ2v) is 30.9. The van der Waals surface area contributed by atoms with E-state index in [9.17, 15) is 9.90 Å². The van der Waals surface area contributed by atoms with Crippen molar-refractivity contribution >= 4 is 39.5 Å². The fraction of sp³-hybridized carbons (Fsp3) is 0.682. The summed E-state index contributed by atoms with van der Waals surface area (Å²) in [5.74, 6) is 1.27. The Morgan fingerprint density at radius 2 is 1.52 bits per heavy atom. The number of nitrogens with zero attached hydrogens (tertiary/aromatic N) is 6. The summed E-state index contributed by atoms with van der Waals surface area (Å²) < 4.78 is 27.1. The average molecular weight is 837 g/mol. The first-order valence-electron chi connectivity index (χ1n) is 21.5. The molecule has 0 spiro atoms. The molecule has 0 aromatic carbocycles. The number of ether oxygens (including phenoxy) is 4. The van der Waals surface area contributed by atoms with Crippen molar-refractivity contribution in [3.8, 4) is 11.1 Å². The Bertz CT molecular complexity index is 1830. The summed E-state index contributed by atoms with van der Waals surface area (Å²) in [6, 6.07) is 6.03. The minimum absolute atomic E-state index is 0.00183. The summed E-state index contributed by atoms with van der Waals surface area (Å²) in [7, 11) is -2.71. The second-order valence-electron chi connectivity index (χ2n) is 19.7. The van der Waals surface area contributed by atoms with Gasteiger partial charge in [0.2, 0.25) is 0 Å². The molecule has 2 fully saturated rings. The Morgan fingerprint density at radius 3 is 2.00 bits per heavy atom. The van der Waals surface area contributed by atoms with E-state index in [0.717, 1.165) is 66.0 Å². The molecule has 2 bridgehead atoms. The molecular formula is C44H72N6O6Si2. The molecule has 0 radical (unpaired) electrons. The van der Waals surface area contributed by atoms with Crippen LogP contribution >= 0.6 is 0 Å². The number of aromatic nitrogens is 4. The number of fused-ring (bicyclic) bond motifs is 3. The maximum absolute atomic E-state index is 13.6. The molecule has 2 aliphatic rings. The summed E-state index contributed by atoms with van der Waals surface area (Å²) in [5.41, 5.74) is 3.06. The Balaban J connectivity index is 1.68. The van der Waals surface area contributed by atoms with Crippen LogP contribution < -0.4 is 4.90 Å². The normalized spacial score (nSPS) is 18.8. The van der Waals surface area contributed by atoms with Crippen LogP contribution in [0.2, 0.25) is 51.4 Å². The van der Waals surface area contributed by atoms with Crippen molar-refractivity contribution in [2.45, 2.75) is 161 Å². The van der Waals surface area contributed by atoms with Gasteiger partial charge in [0.25, 0.3) is 0 Å². The van der Waals surface area contributed by atoms with Gasteiger partial charge in [-0.3, -0.25) is 4.98 Å². The van der Waals surface area contributed by atoms with Crippen molar-refractivity contribution < 1.29 is 28.8 Å². The molecule has 0 saturated carbocycles. The third-order valence-electron chi connectivity index (χ3n) is 11.5. The summed E-state index contributed by atoms with van der Waals surface area (Å²) in [6.07, 6.45) is 7.84. The fourth-order valence-electron chi connectivity index (χ4n) is 8.02. The Morgan fingerprint density at radius 1 is 0.931 bits per heavy atom.